The Bertz CT molecular complexity index is 306. The second kappa shape index (κ2) is 3.48. The average Bonchev–Trinajstić information content (AvgIpc) is 2.20. The highest BCUT2D eigenvalue weighted by Crippen LogP contribution is 2.65. The summed E-state index contributed by atoms with van der Waals surface area (Å²) >= 11 is 0. The number of rotatable bonds is 2. The van der Waals surface area contributed by atoms with Crippen molar-refractivity contribution in [2.45, 2.75) is 59.5 Å². The first kappa shape index (κ1) is 11.9. The molecule has 0 amide bonds. The van der Waals surface area contributed by atoms with Crippen LogP contribution < -0.4 is 0 Å². The van der Waals surface area contributed by atoms with Crippen LogP contribution >= 0.6 is 0 Å². The lowest BCUT2D eigenvalue weighted by Gasteiger charge is -2.66. The molecule has 0 aromatic carbocycles. The fraction of sp³-hybridized carbons (Fsp3) is 0.929. The number of hydrogen-bond donors (Lipinski definition) is 0. The van der Waals surface area contributed by atoms with Crippen LogP contribution in [0.4, 0.5) is 0 Å². The summed E-state index contributed by atoms with van der Waals surface area (Å²) in [5, 5.41) is 0. The normalized spacial score (nSPS) is 40.4. The fourth-order valence-corrected chi connectivity index (χ4v) is 3.65. The second-order valence-corrected chi connectivity index (χ2v) is 6.57. The van der Waals surface area contributed by atoms with Crippen molar-refractivity contribution in [3.63, 3.8) is 0 Å². The van der Waals surface area contributed by atoms with Crippen molar-refractivity contribution in [1.82, 2.24) is 0 Å². The zero-order valence-corrected chi connectivity index (χ0v) is 11.2. The molecule has 3 saturated carbocycles. The largest absolute Gasteiger partial charge is 0.458 e. The second-order valence-electron chi connectivity index (χ2n) is 6.57. The maximum absolute atomic E-state index is 11.9. The van der Waals surface area contributed by atoms with Gasteiger partial charge >= 0.3 is 5.97 Å². The number of carbonyl (C=O) groups is 1. The molecule has 0 radical (unpaired) electrons. The summed E-state index contributed by atoms with van der Waals surface area (Å²) < 4.78 is 5.89. The maximum atomic E-state index is 11.9. The molecule has 0 heterocycles. The van der Waals surface area contributed by atoms with Gasteiger partial charge in [0.2, 0.25) is 0 Å². The van der Waals surface area contributed by atoms with E-state index >= 15 is 0 Å². The molecule has 3 atom stereocenters. The monoisotopic (exact) mass is 224 g/mol. The highest BCUT2D eigenvalue weighted by Gasteiger charge is 2.67. The predicted octanol–water partition coefficient (Wildman–Crippen LogP) is 3.40. The van der Waals surface area contributed by atoms with Crippen LogP contribution in [-0.2, 0) is 9.53 Å². The van der Waals surface area contributed by atoms with E-state index in [9.17, 15) is 4.79 Å². The minimum Gasteiger partial charge on any atom is -0.458 e. The van der Waals surface area contributed by atoms with E-state index in [2.05, 4.69) is 20.8 Å². The topological polar surface area (TPSA) is 26.3 Å². The maximum Gasteiger partial charge on any atom is 0.308 e. The van der Waals surface area contributed by atoms with Gasteiger partial charge in [-0.15, -0.1) is 0 Å². The molecule has 16 heavy (non-hydrogen) atoms. The van der Waals surface area contributed by atoms with Crippen molar-refractivity contribution in [3.05, 3.63) is 0 Å². The van der Waals surface area contributed by atoms with Crippen LogP contribution in [0.3, 0.4) is 0 Å². The summed E-state index contributed by atoms with van der Waals surface area (Å²) in [6, 6.07) is 0. The molecule has 3 aliphatic carbocycles. The molecule has 0 spiro atoms. The lowest BCUT2D eigenvalue weighted by atomic mass is 9.42. The van der Waals surface area contributed by atoms with Crippen molar-refractivity contribution in [2.75, 3.05) is 0 Å². The molecule has 2 bridgehead atoms. The van der Waals surface area contributed by atoms with Gasteiger partial charge in [0.05, 0.1) is 5.92 Å². The van der Waals surface area contributed by atoms with Gasteiger partial charge in [-0.25, -0.2) is 0 Å². The Morgan fingerprint density at radius 2 is 1.94 bits per heavy atom. The quantitative estimate of drug-likeness (QED) is 0.672. The van der Waals surface area contributed by atoms with E-state index in [-0.39, 0.29) is 22.9 Å². The predicted molar refractivity (Wildman–Crippen MR) is 63.9 cm³/mol. The van der Waals surface area contributed by atoms with Crippen molar-refractivity contribution in [3.8, 4) is 0 Å². The smallest absolute Gasteiger partial charge is 0.308 e. The molecule has 0 saturated heterocycles. The molecular weight excluding hydrogens is 200 g/mol. The molecule has 0 aromatic heterocycles. The van der Waals surface area contributed by atoms with Gasteiger partial charge in [0, 0.05) is 5.41 Å². The summed E-state index contributed by atoms with van der Waals surface area (Å²) in [6.07, 6.45) is 3.59. The Kier molecular flexibility index (Phi) is 2.60. The molecule has 3 fully saturated rings. The van der Waals surface area contributed by atoms with Gasteiger partial charge < -0.3 is 4.74 Å². The molecular formula is C14H24O2. The molecule has 0 aromatic rings. The van der Waals surface area contributed by atoms with Crippen molar-refractivity contribution < 1.29 is 9.53 Å². The zero-order chi connectivity index (χ0) is 12.1. The van der Waals surface area contributed by atoms with Crippen LogP contribution in [0.1, 0.15) is 53.9 Å². The highest BCUT2D eigenvalue weighted by atomic mass is 16.6. The van der Waals surface area contributed by atoms with E-state index in [0.717, 1.165) is 12.3 Å². The van der Waals surface area contributed by atoms with Crippen LogP contribution in [-0.4, -0.2) is 11.6 Å². The molecule has 3 rings (SSSR count). The summed E-state index contributed by atoms with van der Waals surface area (Å²) in [7, 11) is 0. The first-order valence-electron chi connectivity index (χ1n) is 6.54. The Hall–Kier alpha value is -0.530. The summed E-state index contributed by atoms with van der Waals surface area (Å²) in [4.78, 5) is 11.9. The number of hydrogen-bond acceptors (Lipinski definition) is 2. The SMILES string of the molecule is CC(C)C(=O)OC12CC(CCC1C)C2(C)C. The first-order valence-corrected chi connectivity index (χ1v) is 6.54. The van der Waals surface area contributed by atoms with Gasteiger partial charge in [-0.3, -0.25) is 4.79 Å². The van der Waals surface area contributed by atoms with Crippen molar-refractivity contribution in [2.24, 2.45) is 23.2 Å². The van der Waals surface area contributed by atoms with Crippen LogP contribution in [0.5, 0.6) is 0 Å². The molecule has 92 valence electrons. The number of ether oxygens (including phenoxy) is 1. The van der Waals surface area contributed by atoms with Crippen LogP contribution in [0, 0.1) is 23.2 Å². The standard InChI is InChI=1S/C14H24O2/c1-9(2)12(15)16-14-8-11(13(14,4)5)7-6-10(14)3/h9-11H,6-8H2,1-5H3. The van der Waals surface area contributed by atoms with Gasteiger partial charge in [-0.1, -0.05) is 34.6 Å². The Labute approximate surface area is 98.7 Å². The molecule has 2 nitrogen and oxygen atoms in total. The lowest BCUT2D eigenvalue weighted by Crippen LogP contribution is -2.69. The highest BCUT2D eigenvalue weighted by molar-refractivity contribution is 5.72. The van der Waals surface area contributed by atoms with Crippen LogP contribution in [0.15, 0.2) is 0 Å². The van der Waals surface area contributed by atoms with Gasteiger partial charge in [-0.2, -0.15) is 0 Å². The molecule has 2 heteroatoms. The van der Waals surface area contributed by atoms with E-state index in [1.807, 2.05) is 13.8 Å². The summed E-state index contributed by atoms with van der Waals surface area (Å²) in [6.45, 7) is 10.6. The van der Waals surface area contributed by atoms with E-state index in [1.54, 1.807) is 0 Å². The number of carbonyl (C=O) groups excluding carboxylic acids is 1. The molecule has 0 aliphatic heterocycles. The summed E-state index contributed by atoms with van der Waals surface area (Å²) in [5.41, 5.74) is 0.00644. The summed E-state index contributed by atoms with van der Waals surface area (Å²) in [5.74, 6) is 1.22. The third-order valence-corrected chi connectivity index (χ3v) is 5.16. The number of esters is 1. The Morgan fingerprint density at radius 3 is 2.38 bits per heavy atom. The average molecular weight is 224 g/mol. The lowest BCUT2D eigenvalue weighted by molar-refractivity contribution is -0.269. The van der Waals surface area contributed by atoms with Gasteiger partial charge in [0.1, 0.15) is 5.60 Å². The Morgan fingerprint density at radius 1 is 1.31 bits per heavy atom. The fourth-order valence-electron chi connectivity index (χ4n) is 3.65. The molecule has 0 N–H and O–H groups in total. The third kappa shape index (κ3) is 1.34. The van der Waals surface area contributed by atoms with Crippen molar-refractivity contribution in [1.29, 1.82) is 0 Å². The van der Waals surface area contributed by atoms with Crippen LogP contribution in [0.25, 0.3) is 0 Å². The number of fused-ring (bicyclic) bond motifs is 2. The van der Waals surface area contributed by atoms with Gasteiger partial charge in [-0.05, 0) is 31.1 Å². The third-order valence-electron chi connectivity index (χ3n) is 5.16. The zero-order valence-electron chi connectivity index (χ0n) is 11.2. The van der Waals surface area contributed by atoms with E-state index < -0.39 is 0 Å². The molecule has 3 unspecified atom stereocenters. The minimum absolute atomic E-state index is 0.0154. The first-order chi connectivity index (χ1) is 7.31. The van der Waals surface area contributed by atoms with Gasteiger partial charge in [0.15, 0.2) is 0 Å². The van der Waals surface area contributed by atoms with Gasteiger partial charge in [0.25, 0.3) is 0 Å². The van der Waals surface area contributed by atoms with E-state index in [0.29, 0.717) is 5.92 Å². The van der Waals surface area contributed by atoms with Crippen LogP contribution in [0.2, 0.25) is 0 Å². The Balaban J connectivity index is 2.19. The van der Waals surface area contributed by atoms with E-state index in [1.165, 1.54) is 12.8 Å². The minimum atomic E-state index is -0.169. The molecule has 3 aliphatic rings. The van der Waals surface area contributed by atoms with E-state index in [4.69, 9.17) is 4.74 Å². The van der Waals surface area contributed by atoms with Crippen molar-refractivity contribution >= 4 is 5.97 Å².